The molecule has 0 fully saturated rings. The summed E-state index contributed by atoms with van der Waals surface area (Å²) < 4.78 is 4.72. The van der Waals surface area contributed by atoms with Crippen molar-refractivity contribution >= 4 is 11.2 Å². The smallest absolute Gasteiger partial charge is 0.387 e. The number of nitrogens with zero attached hydrogens (tertiary/aromatic N) is 2. The molecule has 5 heteroatoms. The van der Waals surface area contributed by atoms with Crippen molar-refractivity contribution in [1.82, 2.24) is 15.2 Å². The van der Waals surface area contributed by atoms with Gasteiger partial charge in [0.05, 0.1) is 5.69 Å². The molecule has 5 nitrogen and oxygen atoms in total. The molecule has 2 heterocycles. The van der Waals surface area contributed by atoms with Crippen LogP contribution in [0.4, 0.5) is 0 Å². The van der Waals surface area contributed by atoms with Gasteiger partial charge in [0.25, 0.3) is 5.71 Å². The lowest BCUT2D eigenvalue weighted by atomic mass is 10.1. The molecule has 0 aliphatic carbocycles. The lowest BCUT2D eigenvalue weighted by Gasteiger charge is -2.00. The number of aromatic amines is 1. The SMILES string of the molecule is CC(C)c1cc2[nH]c(=O)oc2nn1. The number of hydrogen-bond acceptors (Lipinski definition) is 4. The molecular formula is C8H9N3O2. The highest BCUT2D eigenvalue weighted by Gasteiger charge is 2.06. The van der Waals surface area contributed by atoms with Crippen LogP contribution in [0.3, 0.4) is 0 Å². The number of hydrogen-bond donors (Lipinski definition) is 1. The van der Waals surface area contributed by atoms with Crippen LogP contribution in [0.15, 0.2) is 15.3 Å². The van der Waals surface area contributed by atoms with Gasteiger partial charge in [-0.15, -0.1) is 5.10 Å². The first-order valence-electron chi connectivity index (χ1n) is 4.03. The zero-order valence-electron chi connectivity index (χ0n) is 7.37. The normalized spacial score (nSPS) is 11.3. The van der Waals surface area contributed by atoms with E-state index < -0.39 is 5.76 Å². The van der Waals surface area contributed by atoms with Crippen LogP contribution in [0.25, 0.3) is 11.2 Å². The minimum atomic E-state index is -0.495. The van der Waals surface area contributed by atoms with Gasteiger partial charge in [-0.05, 0) is 12.0 Å². The van der Waals surface area contributed by atoms with Crippen molar-refractivity contribution in [2.24, 2.45) is 0 Å². The molecule has 2 rings (SSSR count). The van der Waals surface area contributed by atoms with Crippen LogP contribution >= 0.6 is 0 Å². The van der Waals surface area contributed by atoms with Gasteiger partial charge in [-0.1, -0.05) is 13.8 Å². The van der Waals surface area contributed by atoms with Gasteiger partial charge in [-0.3, -0.25) is 4.98 Å². The first-order chi connectivity index (χ1) is 6.16. The molecule has 0 unspecified atom stereocenters. The van der Waals surface area contributed by atoms with E-state index in [1.165, 1.54) is 0 Å². The van der Waals surface area contributed by atoms with Crippen molar-refractivity contribution in [2.75, 3.05) is 0 Å². The summed E-state index contributed by atoms with van der Waals surface area (Å²) in [5, 5.41) is 7.69. The lowest BCUT2D eigenvalue weighted by molar-refractivity contribution is 0.540. The summed E-state index contributed by atoms with van der Waals surface area (Å²) in [6.07, 6.45) is 0. The van der Waals surface area contributed by atoms with Gasteiger partial charge >= 0.3 is 5.76 Å². The van der Waals surface area contributed by atoms with E-state index in [0.717, 1.165) is 5.69 Å². The van der Waals surface area contributed by atoms with Crippen LogP contribution < -0.4 is 5.76 Å². The summed E-state index contributed by atoms with van der Waals surface area (Å²) in [6, 6.07) is 1.78. The molecule has 13 heavy (non-hydrogen) atoms. The van der Waals surface area contributed by atoms with Gasteiger partial charge in [-0.2, -0.15) is 5.10 Å². The molecule has 0 saturated carbocycles. The molecule has 0 aliphatic rings. The summed E-state index contributed by atoms with van der Waals surface area (Å²) in [7, 11) is 0. The van der Waals surface area contributed by atoms with E-state index in [4.69, 9.17) is 4.42 Å². The molecular weight excluding hydrogens is 170 g/mol. The second-order valence-corrected chi connectivity index (χ2v) is 3.16. The summed E-state index contributed by atoms with van der Waals surface area (Å²) in [4.78, 5) is 13.3. The zero-order chi connectivity index (χ0) is 9.42. The van der Waals surface area contributed by atoms with E-state index in [0.29, 0.717) is 5.52 Å². The standard InChI is InChI=1S/C8H9N3O2/c1-4(2)5-3-6-7(11-10-5)13-8(12)9-6/h3-4H,1-2H3,(H,9,12). The van der Waals surface area contributed by atoms with E-state index in [1.54, 1.807) is 6.07 Å². The summed E-state index contributed by atoms with van der Waals surface area (Å²) in [6.45, 7) is 4.02. The Labute approximate surface area is 73.8 Å². The predicted octanol–water partition coefficient (Wildman–Crippen LogP) is 1.03. The molecule has 0 radical (unpaired) electrons. The molecule has 0 amide bonds. The third-order valence-corrected chi connectivity index (χ3v) is 1.80. The van der Waals surface area contributed by atoms with Crippen LogP contribution in [0, 0.1) is 0 Å². The van der Waals surface area contributed by atoms with Crippen molar-refractivity contribution in [3.05, 3.63) is 22.3 Å². The molecule has 0 aliphatic heterocycles. The van der Waals surface area contributed by atoms with E-state index in [1.807, 2.05) is 13.8 Å². The first kappa shape index (κ1) is 7.97. The fourth-order valence-electron chi connectivity index (χ4n) is 1.07. The maximum atomic E-state index is 10.8. The minimum absolute atomic E-state index is 0.259. The fraction of sp³-hybridized carbons (Fsp3) is 0.375. The number of aromatic nitrogens is 3. The fourth-order valence-corrected chi connectivity index (χ4v) is 1.07. The average Bonchev–Trinajstić information content (AvgIpc) is 2.42. The van der Waals surface area contributed by atoms with Gasteiger partial charge in [-0.25, -0.2) is 4.79 Å². The Morgan fingerprint density at radius 1 is 1.46 bits per heavy atom. The van der Waals surface area contributed by atoms with Crippen molar-refractivity contribution < 1.29 is 4.42 Å². The van der Waals surface area contributed by atoms with Crippen molar-refractivity contribution in [1.29, 1.82) is 0 Å². The van der Waals surface area contributed by atoms with Gasteiger partial charge in [0.1, 0.15) is 5.52 Å². The zero-order valence-corrected chi connectivity index (χ0v) is 7.37. The van der Waals surface area contributed by atoms with E-state index in [9.17, 15) is 4.79 Å². The third kappa shape index (κ3) is 1.32. The van der Waals surface area contributed by atoms with Crippen LogP contribution in [-0.4, -0.2) is 15.2 Å². The molecule has 0 spiro atoms. The largest absolute Gasteiger partial charge is 0.418 e. The van der Waals surface area contributed by atoms with Gasteiger partial charge in [0.15, 0.2) is 0 Å². The second kappa shape index (κ2) is 2.69. The molecule has 2 aromatic heterocycles. The van der Waals surface area contributed by atoms with Gasteiger partial charge < -0.3 is 4.42 Å². The molecule has 0 saturated heterocycles. The Kier molecular flexibility index (Phi) is 1.65. The molecule has 0 atom stereocenters. The molecule has 1 N–H and O–H groups in total. The van der Waals surface area contributed by atoms with Crippen LogP contribution in [0.1, 0.15) is 25.5 Å². The van der Waals surface area contributed by atoms with Crippen LogP contribution in [0.2, 0.25) is 0 Å². The number of oxazole rings is 1. The quantitative estimate of drug-likeness (QED) is 0.709. The van der Waals surface area contributed by atoms with Crippen molar-refractivity contribution in [2.45, 2.75) is 19.8 Å². The highest BCUT2D eigenvalue weighted by Crippen LogP contribution is 2.13. The lowest BCUT2D eigenvalue weighted by Crippen LogP contribution is -1.95. The predicted molar refractivity (Wildman–Crippen MR) is 46.5 cm³/mol. The Morgan fingerprint density at radius 3 is 2.92 bits per heavy atom. The Hall–Kier alpha value is -1.65. The second-order valence-electron chi connectivity index (χ2n) is 3.16. The number of H-pyrrole nitrogens is 1. The topological polar surface area (TPSA) is 71.8 Å². The Balaban J connectivity index is 2.68. The van der Waals surface area contributed by atoms with Gasteiger partial charge in [0, 0.05) is 0 Å². The summed E-state index contributed by atoms with van der Waals surface area (Å²) in [5.41, 5.74) is 1.70. The average molecular weight is 179 g/mol. The third-order valence-electron chi connectivity index (χ3n) is 1.80. The highest BCUT2D eigenvalue weighted by atomic mass is 16.4. The highest BCUT2D eigenvalue weighted by molar-refractivity contribution is 5.66. The molecule has 2 aromatic rings. The number of nitrogens with one attached hydrogen (secondary N) is 1. The molecule has 0 bridgehead atoms. The van der Waals surface area contributed by atoms with E-state index >= 15 is 0 Å². The monoisotopic (exact) mass is 179 g/mol. The molecule has 0 aromatic carbocycles. The van der Waals surface area contributed by atoms with Gasteiger partial charge in [0.2, 0.25) is 0 Å². The minimum Gasteiger partial charge on any atom is -0.387 e. The Bertz CT molecular complexity index is 483. The van der Waals surface area contributed by atoms with Crippen molar-refractivity contribution in [3.63, 3.8) is 0 Å². The van der Waals surface area contributed by atoms with E-state index in [-0.39, 0.29) is 11.6 Å². The van der Waals surface area contributed by atoms with E-state index in [2.05, 4.69) is 15.2 Å². The number of fused-ring (bicyclic) bond motifs is 1. The van der Waals surface area contributed by atoms with Crippen molar-refractivity contribution in [3.8, 4) is 0 Å². The first-order valence-corrected chi connectivity index (χ1v) is 4.03. The maximum absolute atomic E-state index is 10.8. The Morgan fingerprint density at radius 2 is 2.23 bits per heavy atom. The van der Waals surface area contributed by atoms with Crippen LogP contribution in [-0.2, 0) is 0 Å². The number of rotatable bonds is 1. The van der Waals surface area contributed by atoms with Crippen LogP contribution in [0.5, 0.6) is 0 Å². The molecule has 68 valence electrons. The maximum Gasteiger partial charge on any atom is 0.418 e. The summed E-state index contributed by atoms with van der Waals surface area (Å²) in [5.74, 6) is -0.208. The summed E-state index contributed by atoms with van der Waals surface area (Å²) >= 11 is 0.